The van der Waals surface area contributed by atoms with Crippen molar-refractivity contribution in [1.29, 1.82) is 0 Å². The minimum Gasteiger partial charge on any atom is -0.465 e. The predicted molar refractivity (Wildman–Crippen MR) is 92.8 cm³/mol. The van der Waals surface area contributed by atoms with E-state index in [1.807, 2.05) is 0 Å². The van der Waals surface area contributed by atoms with Gasteiger partial charge in [-0.1, -0.05) is 37.0 Å². The van der Waals surface area contributed by atoms with Gasteiger partial charge in [-0.05, 0) is 6.07 Å². The van der Waals surface area contributed by atoms with Crippen molar-refractivity contribution in [1.82, 2.24) is 0 Å². The third kappa shape index (κ3) is 5.91. The minimum atomic E-state index is -0.993. The lowest BCUT2D eigenvalue weighted by Gasteiger charge is -2.11. The summed E-state index contributed by atoms with van der Waals surface area (Å²) in [6.07, 6.45) is -0.993. The van der Waals surface area contributed by atoms with Crippen LogP contribution in [0.1, 0.15) is 13.8 Å². The molecular formula is C15H16Cl2N2O6. The van der Waals surface area contributed by atoms with E-state index in [1.54, 1.807) is 13.8 Å². The Morgan fingerprint density at radius 1 is 1.08 bits per heavy atom. The second kappa shape index (κ2) is 9.24. The second-order valence-corrected chi connectivity index (χ2v) is 5.71. The molecule has 1 aromatic rings. The number of benzene rings is 1. The van der Waals surface area contributed by atoms with Crippen LogP contribution in [-0.2, 0) is 14.3 Å². The van der Waals surface area contributed by atoms with Gasteiger partial charge in [-0.15, -0.1) is 0 Å². The van der Waals surface area contributed by atoms with E-state index in [4.69, 9.17) is 27.9 Å². The first kappa shape index (κ1) is 20.7. The number of halogens is 2. The van der Waals surface area contributed by atoms with Gasteiger partial charge in [0.25, 0.3) is 0 Å². The lowest BCUT2D eigenvalue weighted by molar-refractivity contribution is -0.133. The molecule has 0 aliphatic heterocycles. The Balaban J connectivity index is 3.09. The van der Waals surface area contributed by atoms with Crippen LogP contribution < -0.4 is 10.1 Å². The zero-order valence-corrected chi connectivity index (χ0v) is 15.4. The summed E-state index contributed by atoms with van der Waals surface area (Å²) in [5.41, 5.74) is 0.0165. The molecule has 8 nitrogen and oxygen atoms in total. The molecule has 0 unspecified atom stereocenters. The van der Waals surface area contributed by atoms with Gasteiger partial charge in [0, 0.05) is 12.0 Å². The number of hydrogen-bond acceptors (Lipinski definition) is 6. The van der Waals surface area contributed by atoms with Gasteiger partial charge >= 0.3 is 18.2 Å². The van der Waals surface area contributed by atoms with Crippen LogP contribution in [0.25, 0.3) is 0 Å². The Bertz CT molecular complexity index is 718. The van der Waals surface area contributed by atoms with Crippen molar-refractivity contribution in [3.8, 4) is 5.75 Å². The van der Waals surface area contributed by atoms with Crippen molar-refractivity contribution in [2.45, 2.75) is 13.8 Å². The van der Waals surface area contributed by atoms with Gasteiger partial charge in [0.05, 0.1) is 30.0 Å². The first-order valence-electron chi connectivity index (χ1n) is 6.92. The van der Waals surface area contributed by atoms with Gasteiger partial charge in [0.15, 0.2) is 5.75 Å². The van der Waals surface area contributed by atoms with Crippen molar-refractivity contribution in [2.24, 2.45) is 10.9 Å². The number of rotatable bonds is 4. The van der Waals surface area contributed by atoms with E-state index < -0.39 is 18.2 Å². The SMILES string of the molecule is COC(=O)Oc1cc(NC(=O)N=C(C(=O)OC)C(C)C)c(Cl)cc1Cl. The smallest absolute Gasteiger partial charge is 0.465 e. The fraction of sp³-hybridized carbons (Fsp3) is 0.333. The van der Waals surface area contributed by atoms with Crippen molar-refractivity contribution in [3.05, 3.63) is 22.2 Å². The van der Waals surface area contributed by atoms with Gasteiger partial charge in [-0.3, -0.25) is 0 Å². The summed E-state index contributed by atoms with van der Waals surface area (Å²) in [5, 5.41) is 2.49. The first-order valence-corrected chi connectivity index (χ1v) is 7.67. The number of carbonyl (C=O) groups is 3. The summed E-state index contributed by atoms with van der Waals surface area (Å²) in [4.78, 5) is 38.5. The molecule has 136 valence electrons. The number of anilines is 1. The maximum absolute atomic E-state index is 12.0. The van der Waals surface area contributed by atoms with Gasteiger partial charge < -0.3 is 19.5 Å². The van der Waals surface area contributed by atoms with Crippen molar-refractivity contribution < 1.29 is 28.6 Å². The van der Waals surface area contributed by atoms with Crippen LogP contribution in [0.2, 0.25) is 10.0 Å². The zero-order chi connectivity index (χ0) is 19.1. The molecule has 0 saturated carbocycles. The number of ether oxygens (including phenoxy) is 3. The summed E-state index contributed by atoms with van der Waals surface area (Å²) in [6, 6.07) is 1.63. The highest BCUT2D eigenvalue weighted by Gasteiger charge is 2.19. The van der Waals surface area contributed by atoms with E-state index in [0.717, 1.165) is 7.11 Å². The van der Waals surface area contributed by atoms with E-state index in [1.165, 1.54) is 19.2 Å². The lowest BCUT2D eigenvalue weighted by atomic mass is 10.1. The number of aliphatic imine (C=N–C) groups is 1. The molecule has 10 heteroatoms. The molecule has 0 radical (unpaired) electrons. The van der Waals surface area contributed by atoms with Crippen LogP contribution in [-0.4, -0.2) is 38.1 Å². The molecule has 0 aliphatic carbocycles. The quantitative estimate of drug-likeness (QED) is 0.474. The third-order valence-corrected chi connectivity index (χ3v) is 3.39. The summed E-state index contributed by atoms with van der Waals surface area (Å²) in [6.45, 7) is 3.36. The fourth-order valence-electron chi connectivity index (χ4n) is 1.60. The van der Waals surface area contributed by atoms with Crippen LogP contribution in [0.5, 0.6) is 5.75 Å². The number of hydrogen-bond donors (Lipinski definition) is 1. The predicted octanol–water partition coefficient (Wildman–Crippen LogP) is 3.94. The Morgan fingerprint density at radius 2 is 1.72 bits per heavy atom. The Morgan fingerprint density at radius 3 is 2.24 bits per heavy atom. The lowest BCUT2D eigenvalue weighted by Crippen LogP contribution is -2.24. The number of nitrogens with one attached hydrogen (secondary N) is 1. The molecule has 1 aromatic carbocycles. The topological polar surface area (TPSA) is 103 Å². The van der Waals surface area contributed by atoms with E-state index in [2.05, 4.69) is 19.8 Å². The summed E-state index contributed by atoms with van der Waals surface area (Å²) < 4.78 is 13.8. The Kier molecular flexibility index (Phi) is 7.66. The normalized spacial score (nSPS) is 11.1. The maximum atomic E-state index is 12.0. The third-order valence-electron chi connectivity index (χ3n) is 2.79. The molecule has 0 spiro atoms. The highest BCUT2D eigenvalue weighted by Crippen LogP contribution is 2.34. The molecule has 1 rings (SSSR count). The molecule has 0 atom stereocenters. The van der Waals surface area contributed by atoms with E-state index in [0.29, 0.717) is 0 Å². The van der Waals surface area contributed by atoms with Gasteiger partial charge in [-0.25, -0.2) is 14.4 Å². The number of urea groups is 1. The molecular weight excluding hydrogens is 375 g/mol. The molecule has 25 heavy (non-hydrogen) atoms. The van der Waals surface area contributed by atoms with E-state index >= 15 is 0 Å². The van der Waals surface area contributed by atoms with Crippen LogP contribution >= 0.6 is 23.2 Å². The molecule has 0 saturated heterocycles. The zero-order valence-electron chi connectivity index (χ0n) is 13.9. The highest BCUT2D eigenvalue weighted by atomic mass is 35.5. The van der Waals surface area contributed by atoms with E-state index in [9.17, 15) is 14.4 Å². The van der Waals surface area contributed by atoms with Gasteiger partial charge in [-0.2, -0.15) is 4.99 Å². The van der Waals surface area contributed by atoms with E-state index in [-0.39, 0.29) is 33.1 Å². The number of methoxy groups -OCH3 is 2. The standard InChI is InChI=1S/C15H16Cl2N2O6/c1-7(2)12(13(20)23-3)19-14(21)18-10-6-11(25-15(22)24-4)9(17)5-8(10)16/h5-7H,1-4H3,(H,18,21). The van der Waals surface area contributed by atoms with Crippen LogP contribution in [0.3, 0.4) is 0 Å². The average Bonchev–Trinajstić information content (AvgIpc) is 2.55. The maximum Gasteiger partial charge on any atom is 0.513 e. The molecule has 0 aliphatic rings. The molecule has 0 aromatic heterocycles. The summed E-state index contributed by atoms with van der Waals surface area (Å²) in [7, 11) is 2.31. The van der Waals surface area contributed by atoms with Crippen LogP contribution in [0, 0.1) is 5.92 Å². The molecule has 0 heterocycles. The van der Waals surface area contributed by atoms with Crippen LogP contribution in [0.15, 0.2) is 17.1 Å². The van der Waals surface area contributed by atoms with Crippen molar-refractivity contribution >= 4 is 52.8 Å². The number of nitrogens with zero attached hydrogens (tertiary/aromatic N) is 1. The number of esters is 1. The summed E-state index contributed by atoms with van der Waals surface area (Å²) >= 11 is 11.9. The van der Waals surface area contributed by atoms with Gasteiger partial charge in [0.1, 0.15) is 5.71 Å². The van der Waals surface area contributed by atoms with Crippen molar-refractivity contribution in [3.63, 3.8) is 0 Å². The highest BCUT2D eigenvalue weighted by molar-refractivity contribution is 6.39. The monoisotopic (exact) mass is 390 g/mol. The minimum absolute atomic E-state index is 0.0364. The fourth-order valence-corrected chi connectivity index (χ4v) is 2.07. The molecule has 1 N–H and O–H groups in total. The number of carbonyl (C=O) groups excluding carboxylic acids is 3. The largest absolute Gasteiger partial charge is 0.513 e. The Hall–Kier alpha value is -2.32. The Labute approximate surface area is 154 Å². The first-order chi connectivity index (χ1) is 11.7. The molecule has 0 bridgehead atoms. The van der Waals surface area contributed by atoms with Crippen molar-refractivity contribution in [2.75, 3.05) is 19.5 Å². The average molecular weight is 391 g/mol. The van der Waals surface area contributed by atoms with Gasteiger partial charge in [0.2, 0.25) is 0 Å². The molecule has 2 amide bonds. The second-order valence-electron chi connectivity index (χ2n) is 4.89. The number of amides is 2. The van der Waals surface area contributed by atoms with Crippen LogP contribution in [0.4, 0.5) is 15.3 Å². The molecule has 0 fully saturated rings. The summed E-state index contributed by atoms with van der Waals surface area (Å²) in [5.74, 6) is -1.13.